The molecular weight excluding hydrogens is 343 g/mol. The minimum Gasteiger partial charge on any atom is -0.484 e. The van der Waals surface area contributed by atoms with E-state index in [1.807, 2.05) is 51.1 Å². The van der Waals surface area contributed by atoms with Gasteiger partial charge in [-0.1, -0.05) is 36.4 Å². The van der Waals surface area contributed by atoms with Gasteiger partial charge < -0.3 is 10.1 Å². The van der Waals surface area contributed by atoms with Gasteiger partial charge in [-0.05, 0) is 32.9 Å². The topological polar surface area (TPSA) is 41.6 Å². The third-order valence-corrected chi connectivity index (χ3v) is 4.48. The predicted octanol–water partition coefficient (Wildman–Crippen LogP) is 4.07. The van der Waals surface area contributed by atoms with Gasteiger partial charge in [0.1, 0.15) is 17.7 Å². The first-order valence-corrected chi connectivity index (χ1v) is 9.34. The summed E-state index contributed by atoms with van der Waals surface area (Å²) in [7, 11) is 0. The molecule has 1 N–H and O–H groups in total. The van der Waals surface area contributed by atoms with Crippen LogP contribution in [0.25, 0.3) is 0 Å². The molecule has 27 heavy (non-hydrogen) atoms. The monoisotopic (exact) mass is 370 g/mol. The van der Waals surface area contributed by atoms with Crippen molar-refractivity contribution in [2.75, 3.05) is 13.1 Å². The van der Waals surface area contributed by atoms with Crippen molar-refractivity contribution in [1.82, 2.24) is 10.2 Å². The molecule has 2 aromatic rings. The van der Waals surface area contributed by atoms with Crippen molar-refractivity contribution in [3.05, 3.63) is 65.5 Å². The average Bonchev–Trinajstić information content (AvgIpc) is 2.78. The Morgan fingerprint density at radius 3 is 2.63 bits per heavy atom. The van der Waals surface area contributed by atoms with E-state index in [4.69, 9.17) is 4.74 Å². The number of hydrogen-bond acceptors (Lipinski definition) is 3. The Kier molecular flexibility index (Phi) is 5.80. The Balaban J connectivity index is 1.78. The van der Waals surface area contributed by atoms with Crippen molar-refractivity contribution in [2.24, 2.45) is 0 Å². The fourth-order valence-corrected chi connectivity index (χ4v) is 3.29. The van der Waals surface area contributed by atoms with E-state index in [9.17, 15) is 9.18 Å². The van der Waals surface area contributed by atoms with Crippen LogP contribution >= 0.6 is 0 Å². The van der Waals surface area contributed by atoms with Gasteiger partial charge in [0.2, 0.25) is 5.91 Å². The van der Waals surface area contributed by atoms with Crippen molar-refractivity contribution in [2.45, 2.75) is 45.4 Å². The first-order chi connectivity index (χ1) is 12.8. The fourth-order valence-electron chi connectivity index (χ4n) is 3.29. The van der Waals surface area contributed by atoms with E-state index < -0.39 is 6.10 Å². The molecule has 1 unspecified atom stereocenters. The summed E-state index contributed by atoms with van der Waals surface area (Å²) in [6, 6.07) is 14.5. The summed E-state index contributed by atoms with van der Waals surface area (Å²) in [4.78, 5) is 14.4. The lowest BCUT2D eigenvalue weighted by atomic mass is 10.1. The van der Waals surface area contributed by atoms with Crippen LogP contribution in [0.4, 0.5) is 4.39 Å². The van der Waals surface area contributed by atoms with Crippen LogP contribution in [-0.2, 0) is 11.3 Å². The molecule has 1 heterocycles. The molecule has 0 fully saturated rings. The number of benzene rings is 2. The highest BCUT2D eigenvalue weighted by atomic mass is 19.1. The third-order valence-electron chi connectivity index (χ3n) is 4.48. The van der Waals surface area contributed by atoms with E-state index in [-0.39, 0.29) is 17.3 Å². The van der Waals surface area contributed by atoms with Gasteiger partial charge in [0, 0.05) is 42.7 Å². The maximum absolute atomic E-state index is 14.3. The van der Waals surface area contributed by atoms with Crippen molar-refractivity contribution in [3.8, 4) is 5.75 Å². The number of carbonyl (C=O) groups is 1. The highest BCUT2D eigenvalue weighted by Gasteiger charge is 2.26. The van der Waals surface area contributed by atoms with Crippen molar-refractivity contribution in [3.63, 3.8) is 0 Å². The van der Waals surface area contributed by atoms with E-state index in [1.54, 1.807) is 12.1 Å². The normalized spacial score (nSPS) is 17.6. The second kappa shape index (κ2) is 8.09. The van der Waals surface area contributed by atoms with E-state index in [0.29, 0.717) is 31.6 Å². The molecule has 1 aliphatic heterocycles. The van der Waals surface area contributed by atoms with Gasteiger partial charge in [-0.25, -0.2) is 4.39 Å². The van der Waals surface area contributed by atoms with E-state index in [0.717, 1.165) is 11.3 Å². The molecule has 0 bridgehead atoms. The number of nitrogens with one attached hydrogen (secondary N) is 1. The minimum atomic E-state index is -0.416. The van der Waals surface area contributed by atoms with Crippen LogP contribution in [0, 0.1) is 5.82 Å². The lowest BCUT2D eigenvalue weighted by Gasteiger charge is -2.25. The summed E-state index contributed by atoms with van der Waals surface area (Å²) in [5, 5.41) is 2.99. The van der Waals surface area contributed by atoms with E-state index >= 15 is 0 Å². The molecule has 1 aliphatic rings. The molecule has 0 aromatic heterocycles. The zero-order valence-electron chi connectivity index (χ0n) is 16.2. The summed E-state index contributed by atoms with van der Waals surface area (Å²) >= 11 is 0. The van der Waals surface area contributed by atoms with Crippen molar-refractivity contribution < 1.29 is 13.9 Å². The van der Waals surface area contributed by atoms with Gasteiger partial charge in [0.05, 0.1) is 0 Å². The SMILES string of the molecule is CC(C)(C)NC(=O)CCN1Cc2ccccc2OC(c2ccccc2F)C1. The lowest BCUT2D eigenvalue weighted by Crippen LogP contribution is -2.42. The quantitative estimate of drug-likeness (QED) is 0.882. The number of carbonyl (C=O) groups excluding carboxylic acids is 1. The van der Waals surface area contributed by atoms with Gasteiger partial charge in [0.25, 0.3) is 0 Å². The lowest BCUT2D eigenvalue weighted by molar-refractivity contribution is -0.122. The summed E-state index contributed by atoms with van der Waals surface area (Å²) in [5.41, 5.74) is 1.34. The maximum Gasteiger partial charge on any atom is 0.221 e. The van der Waals surface area contributed by atoms with Gasteiger partial charge >= 0.3 is 0 Å². The summed E-state index contributed by atoms with van der Waals surface area (Å²) < 4.78 is 20.5. The number of hydrogen-bond donors (Lipinski definition) is 1. The fraction of sp³-hybridized carbons (Fsp3) is 0.409. The number of rotatable bonds is 4. The van der Waals surface area contributed by atoms with Crippen LogP contribution in [0.15, 0.2) is 48.5 Å². The molecular formula is C22H27FN2O2. The Morgan fingerprint density at radius 1 is 1.19 bits per heavy atom. The zero-order valence-corrected chi connectivity index (χ0v) is 16.2. The molecule has 1 amide bonds. The van der Waals surface area contributed by atoms with Gasteiger partial charge in [-0.15, -0.1) is 0 Å². The zero-order chi connectivity index (χ0) is 19.4. The average molecular weight is 370 g/mol. The summed E-state index contributed by atoms with van der Waals surface area (Å²) in [6.07, 6.45) is -0.0239. The maximum atomic E-state index is 14.3. The summed E-state index contributed by atoms with van der Waals surface area (Å²) in [6.45, 7) is 7.69. The highest BCUT2D eigenvalue weighted by molar-refractivity contribution is 5.76. The molecule has 0 aliphatic carbocycles. The van der Waals surface area contributed by atoms with Gasteiger partial charge in [-0.3, -0.25) is 9.69 Å². The Bertz CT molecular complexity index is 801. The predicted molar refractivity (Wildman–Crippen MR) is 104 cm³/mol. The largest absolute Gasteiger partial charge is 0.484 e. The van der Waals surface area contributed by atoms with Crippen LogP contribution in [0.3, 0.4) is 0 Å². The molecule has 0 saturated heterocycles. The summed E-state index contributed by atoms with van der Waals surface area (Å²) in [5.74, 6) is 0.517. The first-order valence-electron chi connectivity index (χ1n) is 9.34. The highest BCUT2D eigenvalue weighted by Crippen LogP contribution is 2.32. The van der Waals surface area contributed by atoms with E-state index in [1.165, 1.54) is 6.07 Å². The minimum absolute atomic E-state index is 0.0170. The first kappa shape index (κ1) is 19.4. The van der Waals surface area contributed by atoms with Crippen LogP contribution in [-0.4, -0.2) is 29.4 Å². The molecule has 144 valence electrons. The van der Waals surface area contributed by atoms with Gasteiger partial charge in [0.15, 0.2) is 0 Å². The second-order valence-electron chi connectivity index (χ2n) is 8.02. The van der Waals surface area contributed by atoms with Crippen molar-refractivity contribution >= 4 is 5.91 Å². The number of halogens is 1. The molecule has 2 aromatic carbocycles. The smallest absolute Gasteiger partial charge is 0.221 e. The number of ether oxygens (including phenoxy) is 1. The molecule has 0 saturated carbocycles. The van der Waals surface area contributed by atoms with Crippen molar-refractivity contribution in [1.29, 1.82) is 0 Å². The molecule has 5 heteroatoms. The molecule has 4 nitrogen and oxygen atoms in total. The van der Waals surface area contributed by atoms with Crippen LogP contribution in [0.1, 0.15) is 44.4 Å². The number of amides is 1. The number of nitrogens with zero attached hydrogens (tertiary/aromatic N) is 1. The Labute approximate surface area is 160 Å². The number of para-hydroxylation sites is 1. The Hall–Kier alpha value is -2.40. The van der Waals surface area contributed by atoms with Crippen LogP contribution in [0.5, 0.6) is 5.75 Å². The molecule has 0 radical (unpaired) electrons. The number of fused-ring (bicyclic) bond motifs is 1. The Morgan fingerprint density at radius 2 is 1.89 bits per heavy atom. The van der Waals surface area contributed by atoms with Crippen LogP contribution < -0.4 is 10.1 Å². The third kappa shape index (κ3) is 5.30. The standard InChI is InChI=1S/C22H27FN2O2/c1-22(2,3)24-21(26)12-13-25-14-16-8-4-7-11-19(16)27-20(15-25)17-9-5-6-10-18(17)23/h4-11,20H,12-15H2,1-3H3,(H,24,26). The van der Waals surface area contributed by atoms with Crippen LogP contribution in [0.2, 0.25) is 0 Å². The second-order valence-corrected chi connectivity index (χ2v) is 8.02. The molecule has 1 atom stereocenters. The van der Waals surface area contributed by atoms with Gasteiger partial charge in [-0.2, -0.15) is 0 Å². The van der Waals surface area contributed by atoms with E-state index in [2.05, 4.69) is 10.2 Å². The molecule has 3 rings (SSSR count). The molecule has 0 spiro atoms.